The number of fused-ring (bicyclic) bond motifs is 3. The maximum atomic E-state index is 11.5. The fraction of sp³-hybridized carbons (Fsp3) is 0.348. The fourth-order valence-electron chi connectivity index (χ4n) is 4.46. The molecule has 0 saturated carbocycles. The minimum atomic E-state index is -0.867. The van der Waals surface area contributed by atoms with Gasteiger partial charge in [-0.05, 0) is 53.5 Å². The van der Waals surface area contributed by atoms with Crippen molar-refractivity contribution >= 4 is 11.7 Å². The highest BCUT2D eigenvalue weighted by atomic mass is 16.4. The summed E-state index contributed by atoms with van der Waals surface area (Å²) in [4.78, 5) is 11.5. The zero-order valence-corrected chi connectivity index (χ0v) is 15.5. The third-order valence-corrected chi connectivity index (χ3v) is 5.99. The molecule has 2 N–H and O–H groups in total. The number of anilines is 1. The number of allylic oxidation sites excluding steroid dienone is 2. The van der Waals surface area contributed by atoms with Gasteiger partial charge in [0.1, 0.15) is 0 Å². The Balaban J connectivity index is 1.77. The number of carbonyl (C=O) groups is 1. The van der Waals surface area contributed by atoms with Gasteiger partial charge >= 0.3 is 5.97 Å². The van der Waals surface area contributed by atoms with Crippen molar-refractivity contribution in [3.8, 4) is 0 Å². The summed E-state index contributed by atoms with van der Waals surface area (Å²) in [5.74, 6) is 0.476. The number of carboxylic acids is 1. The first-order chi connectivity index (χ1) is 12.5. The third kappa shape index (κ3) is 2.63. The number of benzene rings is 2. The molecule has 134 valence electrons. The Morgan fingerprint density at radius 1 is 1.15 bits per heavy atom. The van der Waals surface area contributed by atoms with E-state index < -0.39 is 5.97 Å². The minimum absolute atomic E-state index is 0.200. The van der Waals surface area contributed by atoms with E-state index in [2.05, 4.69) is 55.6 Å². The summed E-state index contributed by atoms with van der Waals surface area (Å²) < 4.78 is 0. The van der Waals surface area contributed by atoms with Gasteiger partial charge in [-0.25, -0.2) is 4.79 Å². The van der Waals surface area contributed by atoms with Gasteiger partial charge in [-0.3, -0.25) is 0 Å². The Kier molecular flexibility index (Phi) is 4.10. The highest BCUT2D eigenvalue weighted by molar-refractivity contribution is 5.92. The van der Waals surface area contributed by atoms with Gasteiger partial charge in [0.2, 0.25) is 0 Å². The van der Waals surface area contributed by atoms with Gasteiger partial charge in [0.15, 0.2) is 0 Å². The molecule has 0 radical (unpaired) electrons. The van der Waals surface area contributed by atoms with E-state index in [9.17, 15) is 9.90 Å². The molecule has 2 aliphatic rings. The van der Waals surface area contributed by atoms with Crippen molar-refractivity contribution in [3.05, 3.63) is 76.4 Å². The summed E-state index contributed by atoms with van der Waals surface area (Å²) in [6.45, 7) is 6.32. The van der Waals surface area contributed by atoms with Crippen LogP contribution >= 0.6 is 0 Å². The fourth-order valence-corrected chi connectivity index (χ4v) is 4.46. The number of carboxylic acid groups (broad SMARTS) is 1. The Hall–Kier alpha value is -2.55. The second-order valence-electron chi connectivity index (χ2n) is 7.80. The molecule has 3 atom stereocenters. The first-order valence-corrected chi connectivity index (χ1v) is 9.37. The molecule has 3 nitrogen and oxygen atoms in total. The average molecular weight is 347 g/mol. The van der Waals surface area contributed by atoms with Crippen LogP contribution in [0.15, 0.2) is 48.6 Å². The van der Waals surface area contributed by atoms with Crippen LogP contribution in [0.5, 0.6) is 0 Å². The Labute approximate surface area is 154 Å². The van der Waals surface area contributed by atoms with Crippen LogP contribution < -0.4 is 5.32 Å². The largest absolute Gasteiger partial charge is 0.478 e. The predicted molar refractivity (Wildman–Crippen MR) is 105 cm³/mol. The molecule has 0 unspecified atom stereocenters. The van der Waals surface area contributed by atoms with Crippen LogP contribution in [0, 0.1) is 12.8 Å². The maximum Gasteiger partial charge on any atom is 0.336 e. The number of nitrogens with one attached hydrogen (secondary N) is 1. The monoisotopic (exact) mass is 347 g/mol. The van der Waals surface area contributed by atoms with Crippen LogP contribution in [0.25, 0.3) is 0 Å². The molecule has 2 aromatic rings. The van der Waals surface area contributed by atoms with E-state index in [1.165, 1.54) is 16.7 Å². The summed E-state index contributed by atoms with van der Waals surface area (Å²) >= 11 is 0. The Bertz CT molecular complexity index is 880. The van der Waals surface area contributed by atoms with Crippen LogP contribution in [-0.2, 0) is 0 Å². The second kappa shape index (κ2) is 6.31. The number of aromatic carboxylic acids is 1. The zero-order chi connectivity index (χ0) is 18.4. The quantitative estimate of drug-likeness (QED) is 0.706. The molecule has 1 aliphatic carbocycles. The minimum Gasteiger partial charge on any atom is -0.478 e. The van der Waals surface area contributed by atoms with E-state index in [-0.39, 0.29) is 6.04 Å². The molecular formula is C23H25NO2. The van der Waals surface area contributed by atoms with Crippen molar-refractivity contribution in [2.75, 3.05) is 5.32 Å². The van der Waals surface area contributed by atoms with Crippen LogP contribution in [0.4, 0.5) is 5.69 Å². The van der Waals surface area contributed by atoms with Crippen LogP contribution in [-0.4, -0.2) is 11.1 Å². The third-order valence-electron chi connectivity index (χ3n) is 5.99. The number of rotatable bonds is 3. The lowest BCUT2D eigenvalue weighted by molar-refractivity contribution is 0.0696. The number of hydrogen-bond acceptors (Lipinski definition) is 2. The van der Waals surface area contributed by atoms with Gasteiger partial charge in [0.25, 0.3) is 0 Å². The van der Waals surface area contributed by atoms with Crippen molar-refractivity contribution in [1.82, 2.24) is 0 Å². The molecule has 0 spiro atoms. The highest BCUT2D eigenvalue weighted by Crippen LogP contribution is 2.51. The van der Waals surface area contributed by atoms with E-state index >= 15 is 0 Å². The molecule has 4 rings (SSSR count). The van der Waals surface area contributed by atoms with Gasteiger partial charge in [0, 0.05) is 11.6 Å². The Morgan fingerprint density at radius 2 is 1.88 bits per heavy atom. The average Bonchev–Trinajstić information content (AvgIpc) is 3.11. The van der Waals surface area contributed by atoms with Gasteiger partial charge < -0.3 is 10.4 Å². The van der Waals surface area contributed by atoms with Crippen LogP contribution in [0.3, 0.4) is 0 Å². The van der Waals surface area contributed by atoms with Crippen LogP contribution in [0.2, 0.25) is 0 Å². The highest BCUT2D eigenvalue weighted by Gasteiger charge is 2.38. The van der Waals surface area contributed by atoms with Gasteiger partial charge in [0.05, 0.1) is 11.6 Å². The molecule has 0 amide bonds. The lowest BCUT2D eigenvalue weighted by Crippen LogP contribution is -2.30. The molecule has 1 heterocycles. The molecule has 3 heteroatoms. The molecule has 0 aromatic heterocycles. The summed E-state index contributed by atoms with van der Waals surface area (Å²) in [5.41, 5.74) is 6.05. The molecule has 26 heavy (non-hydrogen) atoms. The standard InChI is InChI=1S/C23H25NO2/c1-13(2)15-7-9-16(10-8-15)22-19-6-4-5-18(19)20-12-11-17(23(25)26)14(3)21(20)24-22/h4-5,7-13,18-19,22,24H,6H2,1-3H3,(H,25,26)/t18-,19-,22-/m0/s1. The SMILES string of the molecule is Cc1c(C(=O)O)ccc2c1N[C@@H](c1ccc(C(C)C)cc1)[C@H]1CC=C[C@H]21. The molecule has 1 aliphatic heterocycles. The van der Waals surface area contributed by atoms with E-state index in [1.54, 1.807) is 6.07 Å². The topological polar surface area (TPSA) is 49.3 Å². The lowest BCUT2D eigenvalue weighted by atomic mass is 9.75. The van der Waals surface area contributed by atoms with Crippen molar-refractivity contribution in [3.63, 3.8) is 0 Å². The lowest BCUT2D eigenvalue weighted by Gasteiger charge is -2.38. The van der Waals surface area contributed by atoms with Gasteiger partial charge in [-0.2, -0.15) is 0 Å². The maximum absolute atomic E-state index is 11.5. The molecule has 0 bridgehead atoms. The van der Waals surface area contributed by atoms with E-state index in [1.807, 2.05) is 13.0 Å². The zero-order valence-electron chi connectivity index (χ0n) is 15.5. The van der Waals surface area contributed by atoms with Crippen molar-refractivity contribution < 1.29 is 9.90 Å². The van der Waals surface area contributed by atoms with Gasteiger partial charge in [-0.1, -0.05) is 56.3 Å². The predicted octanol–water partition coefficient (Wildman–Crippen LogP) is 5.64. The summed E-state index contributed by atoms with van der Waals surface area (Å²) in [5, 5.41) is 13.2. The molecule has 2 aromatic carbocycles. The summed E-state index contributed by atoms with van der Waals surface area (Å²) in [7, 11) is 0. The number of hydrogen-bond donors (Lipinski definition) is 2. The summed E-state index contributed by atoms with van der Waals surface area (Å²) in [6.07, 6.45) is 5.61. The first kappa shape index (κ1) is 16.9. The van der Waals surface area contributed by atoms with E-state index in [4.69, 9.17) is 0 Å². The van der Waals surface area contributed by atoms with Crippen molar-refractivity contribution in [2.24, 2.45) is 5.92 Å². The van der Waals surface area contributed by atoms with Crippen LogP contribution in [0.1, 0.15) is 70.8 Å². The van der Waals surface area contributed by atoms with Crippen molar-refractivity contribution in [2.45, 2.75) is 45.1 Å². The molecule has 0 fully saturated rings. The molecular weight excluding hydrogens is 322 g/mol. The molecule has 0 saturated heterocycles. The Morgan fingerprint density at radius 3 is 2.54 bits per heavy atom. The smallest absolute Gasteiger partial charge is 0.336 e. The normalized spacial score (nSPS) is 23.5. The van der Waals surface area contributed by atoms with Crippen molar-refractivity contribution in [1.29, 1.82) is 0 Å². The van der Waals surface area contributed by atoms with E-state index in [0.29, 0.717) is 23.3 Å². The first-order valence-electron chi connectivity index (χ1n) is 9.37. The summed E-state index contributed by atoms with van der Waals surface area (Å²) in [6, 6.07) is 12.8. The van der Waals surface area contributed by atoms with Gasteiger partial charge in [-0.15, -0.1) is 0 Å². The second-order valence-corrected chi connectivity index (χ2v) is 7.80. The van der Waals surface area contributed by atoms with E-state index in [0.717, 1.165) is 17.7 Å².